The van der Waals surface area contributed by atoms with E-state index in [1.165, 1.54) is 18.9 Å². The maximum atomic E-state index is 11.5. The van der Waals surface area contributed by atoms with Crippen LogP contribution in [0, 0.1) is 0 Å². The number of halogens is 1. The minimum Gasteiger partial charge on any atom is -0.453 e. The monoisotopic (exact) mass is 270 g/mol. The van der Waals surface area contributed by atoms with Gasteiger partial charge in [-0.2, -0.15) is 0 Å². The van der Waals surface area contributed by atoms with Gasteiger partial charge < -0.3 is 15.0 Å². The Morgan fingerprint density at radius 3 is 2.72 bits per heavy atom. The molecule has 0 heterocycles. The average molecular weight is 271 g/mol. The number of carbonyl (C=O) groups excluding carboxylic acids is 2. The molecule has 0 aliphatic heterocycles. The third kappa shape index (κ3) is 4.25. The Hall–Kier alpha value is -1.75. The molecule has 0 atom stereocenters. The van der Waals surface area contributed by atoms with Crippen LogP contribution in [0.25, 0.3) is 0 Å². The summed E-state index contributed by atoms with van der Waals surface area (Å²) in [7, 11) is 1.29. The summed E-state index contributed by atoms with van der Waals surface area (Å²) < 4.78 is 4.44. The molecule has 1 aromatic carbocycles. The number of nitrogens with zero attached hydrogens (tertiary/aromatic N) is 1. The maximum absolute atomic E-state index is 11.5. The van der Waals surface area contributed by atoms with E-state index in [2.05, 4.69) is 10.1 Å². The van der Waals surface area contributed by atoms with Gasteiger partial charge in [-0.25, -0.2) is 4.79 Å². The van der Waals surface area contributed by atoms with E-state index in [-0.39, 0.29) is 5.91 Å². The Morgan fingerprint density at radius 1 is 1.44 bits per heavy atom. The number of carbonyl (C=O) groups is 2. The van der Waals surface area contributed by atoms with Gasteiger partial charge in [0.1, 0.15) is 0 Å². The highest BCUT2D eigenvalue weighted by atomic mass is 35.5. The smallest absolute Gasteiger partial charge is 0.406 e. The molecule has 0 bridgehead atoms. The molecule has 0 unspecified atom stereocenters. The fraction of sp³-hybridized carbons (Fsp3) is 0.333. The van der Waals surface area contributed by atoms with Crippen LogP contribution in [-0.2, 0) is 9.53 Å². The summed E-state index contributed by atoms with van der Waals surface area (Å²) in [6.45, 7) is 2.11. The standard InChI is InChI=1S/C12H15ClN2O3/c1-9(16)15(7-6-14-12(17)18-2)11-5-3-4-10(13)8-11/h3-5,8H,6-7H2,1-2H3,(H,14,17). The van der Waals surface area contributed by atoms with Crippen molar-refractivity contribution in [1.82, 2.24) is 5.32 Å². The lowest BCUT2D eigenvalue weighted by atomic mass is 10.3. The van der Waals surface area contributed by atoms with Gasteiger partial charge in [0, 0.05) is 30.7 Å². The highest BCUT2D eigenvalue weighted by molar-refractivity contribution is 6.30. The Balaban J connectivity index is 2.66. The third-order valence-electron chi connectivity index (χ3n) is 2.29. The fourth-order valence-corrected chi connectivity index (χ4v) is 1.64. The van der Waals surface area contributed by atoms with Crippen molar-refractivity contribution >= 4 is 29.3 Å². The molecule has 0 saturated heterocycles. The number of nitrogens with one attached hydrogen (secondary N) is 1. The van der Waals surface area contributed by atoms with E-state index in [0.29, 0.717) is 23.8 Å². The normalized spacial score (nSPS) is 9.72. The van der Waals surface area contributed by atoms with E-state index in [1.54, 1.807) is 24.3 Å². The Morgan fingerprint density at radius 2 is 2.17 bits per heavy atom. The molecule has 0 aliphatic carbocycles. The topological polar surface area (TPSA) is 58.6 Å². The van der Waals surface area contributed by atoms with Crippen LogP contribution in [-0.4, -0.2) is 32.2 Å². The number of anilines is 1. The molecule has 5 nitrogen and oxygen atoms in total. The number of rotatable bonds is 4. The molecule has 18 heavy (non-hydrogen) atoms. The molecule has 1 aromatic rings. The number of amides is 2. The van der Waals surface area contributed by atoms with E-state index < -0.39 is 6.09 Å². The van der Waals surface area contributed by atoms with Crippen LogP contribution in [0.15, 0.2) is 24.3 Å². The minimum atomic E-state index is -0.524. The molecular formula is C12H15ClN2O3. The van der Waals surface area contributed by atoms with Gasteiger partial charge in [0.2, 0.25) is 5.91 Å². The summed E-state index contributed by atoms with van der Waals surface area (Å²) in [5.41, 5.74) is 0.696. The van der Waals surface area contributed by atoms with Crippen molar-refractivity contribution in [3.63, 3.8) is 0 Å². The number of benzene rings is 1. The van der Waals surface area contributed by atoms with E-state index in [0.717, 1.165) is 0 Å². The lowest BCUT2D eigenvalue weighted by Crippen LogP contribution is -2.37. The second-order valence-electron chi connectivity index (χ2n) is 3.57. The Labute approximate surface area is 111 Å². The summed E-state index contributed by atoms with van der Waals surface area (Å²) in [4.78, 5) is 24.0. The first-order valence-electron chi connectivity index (χ1n) is 5.40. The van der Waals surface area contributed by atoms with Crippen molar-refractivity contribution in [3.05, 3.63) is 29.3 Å². The zero-order valence-electron chi connectivity index (χ0n) is 10.3. The molecule has 1 rings (SSSR count). The number of hydrogen-bond acceptors (Lipinski definition) is 3. The van der Waals surface area contributed by atoms with Crippen LogP contribution < -0.4 is 10.2 Å². The molecule has 0 saturated carbocycles. The number of methoxy groups -OCH3 is 1. The summed E-state index contributed by atoms with van der Waals surface area (Å²) in [6.07, 6.45) is -0.524. The number of hydrogen-bond donors (Lipinski definition) is 1. The molecule has 0 fully saturated rings. The van der Waals surface area contributed by atoms with E-state index >= 15 is 0 Å². The van der Waals surface area contributed by atoms with Crippen molar-refractivity contribution < 1.29 is 14.3 Å². The third-order valence-corrected chi connectivity index (χ3v) is 2.53. The number of ether oxygens (including phenoxy) is 1. The fourth-order valence-electron chi connectivity index (χ4n) is 1.45. The van der Waals surface area contributed by atoms with Gasteiger partial charge >= 0.3 is 6.09 Å². The first-order valence-corrected chi connectivity index (χ1v) is 5.78. The SMILES string of the molecule is COC(=O)NCCN(C(C)=O)c1cccc(Cl)c1. The highest BCUT2D eigenvalue weighted by Gasteiger charge is 2.11. The van der Waals surface area contributed by atoms with Gasteiger partial charge in [-0.05, 0) is 18.2 Å². The van der Waals surface area contributed by atoms with Crippen LogP contribution in [0.3, 0.4) is 0 Å². The Bertz CT molecular complexity index is 437. The van der Waals surface area contributed by atoms with E-state index in [4.69, 9.17) is 11.6 Å². The lowest BCUT2D eigenvalue weighted by molar-refractivity contribution is -0.116. The van der Waals surface area contributed by atoms with Crippen molar-refractivity contribution in [3.8, 4) is 0 Å². The average Bonchev–Trinajstić information content (AvgIpc) is 2.33. The molecule has 1 N–H and O–H groups in total. The zero-order chi connectivity index (χ0) is 13.5. The summed E-state index contributed by atoms with van der Waals surface area (Å²) >= 11 is 5.87. The van der Waals surface area contributed by atoms with Gasteiger partial charge in [-0.1, -0.05) is 17.7 Å². The van der Waals surface area contributed by atoms with Crippen LogP contribution in [0.4, 0.5) is 10.5 Å². The quantitative estimate of drug-likeness (QED) is 0.911. The van der Waals surface area contributed by atoms with E-state index in [1.807, 2.05) is 0 Å². The van der Waals surface area contributed by atoms with Gasteiger partial charge in [-0.15, -0.1) is 0 Å². The van der Waals surface area contributed by atoms with Crippen molar-refractivity contribution in [2.24, 2.45) is 0 Å². The molecule has 6 heteroatoms. The highest BCUT2D eigenvalue weighted by Crippen LogP contribution is 2.19. The molecule has 0 radical (unpaired) electrons. The molecule has 0 aliphatic rings. The van der Waals surface area contributed by atoms with Gasteiger partial charge in [-0.3, -0.25) is 4.79 Å². The second kappa shape index (κ2) is 6.86. The van der Waals surface area contributed by atoms with Crippen molar-refractivity contribution in [1.29, 1.82) is 0 Å². The van der Waals surface area contributed by atoms with Crippen LogP contribution in [0.2, 0.25) is 5.02 Å². The largest absolute Gasteiger partial charge is 0.453 e. The molecule has 0 aromatic heterocycles. The summed E-state index contributed by atoms with van der Waals surface area (Å²) in [6, 6.07) is 6.98. The van der Waals surface area contributed by atoms with Gasteiger partial charge in [0.25, 0.3) is 0 Å². The predicted octanol–water partition coefficient (Wildman–Crippen LogP) is 2.05. The second-order valence-corrected chi connectivity index (χ2v) is 4.01. The van der Waals surface area contributed by atoms with Crippen LogP contribution in [0.5, 0.6) is 0 Å². The minimum absolute atomic E-state index is 0.121. The molecule has 98 valence electrons. The zero-order valence-corrected chi connectivity index (χ0v) is 11.0. The summed E-state index contributed by atoms with van der Waals surface area (Å²) in [5, 5.41) is 3.07. The Kier molecular flexibility index (Phi) is 5.45. The van der Waals surface area contributed by atoms with Crippen LogP contribution in [0.1, 0.15) is 6.92 Å². The van der Waals surface area contributed by atoms with Gasteiger partial charge in [0.15, 0.2) is 0 Å². The van der Waals surface area contributed by atoms with Gasteiger partial charge in [0.05, 0.1) is 7.11 Å². The maximum Gasteiger partial charge on any atom is 0.406 e. The first-order chi connectivity index (χ1) is 8.54. The lowest BCUT2D eigenvalue weighted by Gasteiger charge is -2.21. The molecule has 0 spiro atoms. The van der Waals surface area contributed by atoms with Crippen LogP contribution >= 0.6 is 11.6 Å². The number of alkyl carbamates (subject to hydrolysis) is 1. The molecule has 2 amide bonds. The van der Waals surface area contributed by atoms with Crippen molar-refractivity contribution in [2.75, 3.05) is 25.1 Å². The van der Waals surface area contributed by atoms with Crippen molar-refractivity contribution in [2.45, 2.75) is 6.92 Å². The van der Waals surface area contributed by atoms with E-state index in [9.17, 15) is 9.59 Å². The predicted molar refractivity (Wildman–Crippen MR) is 69.9 cm³/mol. The first kappa shape index (κ1) is 14.3. The molecular weight excluding hydrogens is 256 g/mol. The summed E-state index contributed by atoms with van der Waals surface area (Å²) in [5.74, 6) is -0.121.